The van der Waals surface area contributed by atoms with Gasteiger partial charge in [-0.15, -0.1) is 0 Å². The van der Waals surface area contributed by atoms with E-state index in [1.807, 2.05) is 0 Å². The van der Waals surface area contributed by atoms with Crippen molar-refractivity contribution in [1.29, 1.82) is 0 Å². The Hall–Kier alpha value is -1.59. The minimum Gasteiger partial charge on any atom is -0.357 e. The number of rotatable bonds is 3. The second-order valence-corrected chi connectivity index (χ2v) is 4.18. The number of hydrogen-bond acceptors (Lipinski definition) is 4. The van der Waals surface area contributed by atoms with Crippen LogP contribution in [0.15, 0.2) is 24.4 Å². The highest BCUT2D eigenvalue weighted by molar-refractivity contribution is 6.33. The van der Waals surface area contributed by atoms with Gasteiger partial charge in [0.1, 0.15) is 5.02 Å². The van der Waals surface area contributed by atoms with Gasteiger partial charge < -0.3 is 10.6 Å². The van der Waals surface area contributed by atoms with Crippen molar-refractivity contribution in [2.24, 2.45) is 0 Å². The zero-order valence-electron chi connectivity index (χ0n) is 9.34. The SMILES string of the molecule is CNc1ncc(Cl)c(Nc2cccc(Cl)c2F)n1. The maximum atomic E-state index is 13.7. The number of aromatic nitrogens is 2. The molecule has 0 aliphatic carbocycles. The van der Waals surface area contributed by atoms with E-state index in [0.717, 1.165) is 0 Å². The van der Waals surface area contributed by atoms with Gasteiger partial charge in [-0.05, 0) is 12.1 Å². The van der Waals surface area contributed by atoms with Crippen LogP contribution < -0.4 is 10.6 Å². The molecular formula is C11H9Cl2FN4. The zero-order valence-corrected chi connectivity index (χ0v) is 10.8. The number of hydrogen-bond donors (Lipinski definition) is 2. The van der Waals surface area contributed by atoms with Gasteiger partial charge in [0, 0.05) is 7.05 Å². The lowest BCUT2D eigenvalue weighted by Gasteiger charge is -2.09. The maximum Gasteiger partial charge on any atom is 0.224 e. The fourth-order valence-corrected chi connectivity index (χ4v) is 1.62. The molecule has 0 unspecified atom stereocenters. The molecule has 7 heteroatoms. The van der Waals surface area contributed by atoms with Crippen molar-refractivity contribution in [3.8, 4) is 0 Å². The summed E-state index contributed by atoms with van der Waals surface area (Å²) in [6.07, 6.45) is 1.42. The van der Waals surface area contributed by atoms with Crippen LogP contribution in [-0.2, 0) is 0 Å². The predicted octanol–water partition coefficient (Wildman–Crippen LogP) is 3.71. The Morgan fingerprint density at radius 3 is 2.72 bits per heavy atom. The van der Waals surface area contributed by atoms with Crippen molar-refractivity contribution in [3.63, 3.8) is 0 Å². The molecule has 0 atom stereocenters. The molecule has 2 aromatic rings. The van der Waals surface area contributed by atoms with Crippen LogP contribution in [0.3, 0.4) is 0 Å². The first kappa shape index (κ1) is 12.9. The Morgan fingerprint density at radius 2 is 2.00 bits per heavy atom. The topological polar surface area (TPSA) is 49.8 Å². The third-order valence-corrected chi connectivity index (χ3v) is 2.74. The van der Waals surface area contributed by atoms with Crippen LogP contribution in [0.2, 0.25) is 10.0 Å². The van der Waals surface area contributed by atoms with Gasteiger partial charge >= 0.3 is 0 Å². The molecule has 94 valence electrons. The Kier molecular flexibility index (Phi) is 3.84. The van der Waals surface area contributed by atoms with Crippen LogP contribution >= 0.6 is 23.2 Å². The van der Waals surface area contributed by atoms with E-state index in [1.165, 1.54) is 12.3 Å². The van der Waals surface area contributed by atoms with Crippen LogP contribution in [0.5, 0.6) is 0 Å². The molecule has 1 aromatic carbocycles. The van der Waals surface area contributed by atoms with E-state index in [2.05, 4.69) is 20.6 Å². The third kappa shape index (κ3) is 2.63. The normalized spacial score (nSPS) is 10.2. The molecule has 0 saturated carbocycles. The minimum absolute atomic E-state index is 0.0269. The fourth-order valence-electron chi connectivity index (χ4n) is 1.30. The third-order valence-electron chi connectivity index (χ3n) is 2.17. The van der Waals surface area contributed by atoms with Crippen molar-refractivity contribution in [1.82, 2.24) is 9.97 Å². The summed E-state index contributed by atoms with van der Waals surface area (Å²) >= 11 is 11.6. The zero-order chi connectivity index (χ0) is 13.1. The molecule has 18 heavy (non-hydrogen) atoms. The second kappa shape index (κ2) is 5.37. The summed E-state index contributed by atoms with van der Waals surface area (Å²) in [6.45, 7) is 0. The molecule has 4 nitrogen and oxygen atoms in total. The number of anilines is 3. The number of benzene rings is 1. The molecule has 2 rings (SSSR count). The largest absolute Gasteiger partial charge is 0.357 e. The summed E-state index contributed by atoms with van der Waals surface area (Å²) in [5.74, 6) is 0.126. The first-order valence-electron chi connectivity index (χ1n) is 5.03. The Morgan fingerprint density at radius 1 is 1.22 bits per heavy atom. The van der Waals surface area contributed by atoms with Gasteiger partial charge in [0.05, 0.1) is 16.9 Å². The maximum absolute atomic E-state index is 13.7. The van der Waals surface area contributed by atoms with Crippen LogP contribution in [0.1, 0.15) is 0 Å². The molecule has 0 bridgehead atoms. The lowest BCUT2D eigenvalue weighted by molar-refractivity contribution is 0.632. The summed E-state index contributed by atoms with van der Waals surface area (Å²) in [7, 11) is 1.67. The van der Waals surface area contributed by atoms with E-state index in [4.69, 9.17) is 23.2 Å². The van der Waals surface area contributed by atoms with E-state index < -0.39 is 5.82 Å². The molecule has 0 saturated heterocycles. The molecule has 0 radical (unpaired) electrons. The van der Waals surface area contributed by atoms with Gasteiger partial charge in [-0.3, -0.25) is 0 Å². The van der Waals surface area contributed by atoms with Crippen LogP contribution in [0.25, 0.3) is 0 Å². The van der Waals surface area contributed by atoms with Crippen molar-refractivity contribution in [2.45, 2.75) is 0 Å². The highest BCUT2D eigenvalue weighted by atomic mass is 35.5. The molecular weight excluding hydrogens is 278 g/mol. The van der Waals surface area contributed by atoms with Gasteiger partial charge in [-0.1, -0.05) is 29.3 Å². The lowest BCUT2D eigenvalue weighted by Crippen LogP contribution is -2.02. The first-order chi connectivity index (χ1) is 8.61. The predicted molar refractivity (Wildman–Crippen MR) is 71.3 cm³/mol. The summed E-state index contributed by atoms with van der Waals surface area (Å²) in [5, 5.41) is 5.85. The standard InChI is InChI=1S/C11H9Cl2FN4/c1-15-11-16-5-7(13)10(18-11)17-8-4-2-3-6(12)9(8)14/h2-5H,1H3,(H2,15,16,17,18). The number of nitrogens with zero attached hydrogens (tertiary/aromatic N) is 2. The van der Waals surface area contributed by atoms with Gasteiger partial charge in [0.25, 0.3) is 0 Å². The van der Waals surface area contributed by atoms with Gasteiger partial charge in [-0.2, -0.15) is 4.98 Å². The molecule has 1 aromatic heterocycles. The van der Waals surface area contributed by atoms with Crippen molar-refractivity contribution < 1.29 is 4.39 Å². The molecule has 0 fully saturated rings. The monoisotopic (exact) mass is 286 g/mol. The second-order valence-electron chi connectivity index (χ2n) is 3.37. The summed E-state index contributed by atoms with van der Waals surface area (Å²) in [6, 6.07) is 4.63. The highest BCUT2D eigenvalue weighted by Crippen LogP contribution is 2.28. The van der Waals surface area contributed by atoms with Gasteiger partial charge in [0.15, 0.2) is 11.6 Å². The van der Waals surface area contributed by atoms with E-state index in [1.54, 1.807) is 19.2 Å². The van der Waals surface area contributed by atoms with Crippen LogP contribution in [0.4, 0.5) is 21.8 Å². The lowest BCUT2D eigenvalue weighted by atomic mass is 10.3. The quantitative estimate of drug-likeness (QED) is 0.903. The molecule has 0 amide bonds. The van der Waals surface area contributed by atoms with E-state index in [0.29, 0.717) is 11.8 Å². The van der Waals surface area contributed by atoms with Crippen molar-refractivity contribution in [2.75, 3.05) is 17.7 Å². The van der Waals surface area contributed by atoms with Gasteiger partial charge in [-0.25, -0.2) is 9.37 Å². The average Bonchev–Trinajstić information content (AvgIpc) is 2.37. The van der Waals surface area contributed by atoms with Gasteiger partial charge in [0.2, 0.25) is 5.95 Å². The fraction of sp³-hybridized carbons (Fsp3) is 0.0909. The molecule has 1 heterocycles. The first-order valence-corrected chi connectivity index (χ1v) is 5.78. The van der Waals surface area contributed by atoms with Crippen molar-refractivity contribution in [3.05, 3.63) is 40.3 Å². The average molecular weight is 287 g/mol. The van der Waals surface area contributed by atoms with E-state index >= 15 is 0 Å². The molecule has 0 spiro atoms. The number of nitrogens with one attached hydrogen (secondary N) is 2. The Balaban J connectivity index is 2.36. The number of halogens is 3. The van der Waals surface area contributed by atoms with E-state index in [-0.39, 0.29) is 15.7 Å². The summed E-state index contributed by atoms with van der Waals surface area (Å²) < 4.78 is 13.7. The van der Waals surface area contributed by atoms with E-state index in [9.17, 15) is 4.39 Å². The van der Waals surface area contributed by atoms with Crippen LogP contribution in [0, 0.1) is 5.82 Å². The minimum atomic E-state index is -0.556. The summed E-state index contributed by atoms with van der Waals surface area (Å²) in [5.41, 5.74) is 0.199. The smallest absolute Gasteiger partial charge is 0.224 e. The molecule has 0 aliphatic heterocycles. The van der Waals surface area contributed by atoms with Crippen LogP contribution in [-0.4, -0.2) is 17.0 Å². The highest BCUT2D eigenvalue weighted by Gasteiger charge is 2.10. The Labute approximate surface area is 113 Å². The molecule has 2 N–H and O–H groups in total. The van der Waals surface area contributed by atoms with Crippen molar-refractivity contribution >= 4 is 40.7 Å². The Bertz CT molecular complexity index is 577. The summed E-state index contributed by atoms with van der Waals surface area (Å²) in [4.78, 5) is 8.01. The molecule has 0 aliphatic rings.